The van der Waals surface area contributed by atoms with E-state index in [1.54, 1.807) is 42.5 Å². The summed E-state index contributed by atoms with van der Waals surface area (Å²) in [7, 11) is 0. The van der Waals surface area contributed by atoms with Crippen LogP contribution in [0, 0.1) is 0 Å². The number of fused-ring (bicyclic) bond motifs is 1. The highest BCUT2D eigenvalue weighted by atomic mass is 35.5. The minimum atomic E-state index is -0.561. The van der Waals surface area contributed by atoms with Crippen LogP contribution in [0.1, 0.15) is 35.4 Å². The number of ether oxygens (including phenoxy) is 3. The minimum absolute atomic E-state index is 0.0127. The Morgan fingerprint density at radius 2 is 1.76 bits per heavy atom. The third-order valence-electron chi connectivity index (χ3n) is 4.79. The second-order valence-electron chi connectivity index (χ2n) is 7.36. The molecule has 0 saturated heterocycles. The molecule has 11 heteroatoms. The summed E-state index contributed by atoms with van der Waals surface area (Å²) in [5, 5.41) is 3.57. The van der Waals surface area contributed by atoms with Crippen molar-refractivity contribution in [1.82, 2.24) is 15.0 Å². The maximum absolute atomic E-state index is 12.5. The summed E-state index contributed by atoms with van der Waals surface area (Å²) < 4.78 is 16.4. The lowest BCUT2D eigenvalue weighted by Crippen LogP contribution is -2.12. The molecule has 0 radical (unpaired) electrons. The van der Waals surface area contributed by atoms with Crippen LogP contribution in [0.4, 0.5) is 17.6 Å². The highest BCUT2D eigenvalue weighted by Gasteiger charge is 2.16. The quantitative estimate of drug-likeness (QED) is 0.360. The lowest BCUT2D eigenvalue weighted by atomic mass is 10.1. The van der Waals surface area contributed by atoms with E-state index in [0.717, 1.165) is 6.42 Å². The van der Waals surface area contributed by atoms with Gasteiger partial charge in [0.05, 0.1) is 19.6 Å². The molecule has 0 saturated carbocycles. The number of nitrogens with one attached hydrogen (secondary N) is 1. The van der Waals surface area contributed by atoms with E-state index in [0.29, 0.717) is 41.0 Å². The summed E-state index contributed by atoms with van der Waals surface area (Å²) in [6.07, 6.45) is 0.667. The van der Waals surface area contributed by atoms with E-state index in [-0.39, 0.29) is 43.0 Å². The molecule has 34 heavy (non-hydrogen) atoms. The smallest absolute Gasteiger partial charge is 0.306 e. The number of nitrogen functional groups attached to an aromatic ring is 1. The fourth-order valence-corrected chi connectivity index (χ4v) is 3.26. The molecular weight excluding hydrogens is 462 g/mol. The fraction of sp³-hybridized carbons (Fsp3) is 0.261. The third kappa shape index (κ3) is 6.32. The van der Waals surface area contributed by atoms with Crippen LogP contribution in [0.15, 0.2) is 42.5 Å². The molecule has 3 N–H and O–H groups in total. The second kappa shape index (κ2) is 10.8. The largest absolute Gasteiger partial charge is 0.490 e. The van der Waals surface area contributed by atoms with Gasteiger partial charge in [-0.2, -0.15) is 15.0 Å². The molecule has 1 aliphatic heterocycles. The van der Waals surface area contributed by atoms with Gasteiger partial charge in [-0.05, 0) is 42.5 Å². The van der Waals surface area contributed by atoms with Crippen molar-refractivity contribution in [1.29, 1.82) is 0 Å². The molecule has 1 aliphatic rings. The topological polar surface area (TPSA) is 139 Å². The van der Waals surface area contributed by atoms with Gasteiger partial charge in [0.2, 0.25) is 11.9 Å². The molecule has 0 bridgehead atoms. The van der Waals surface area contributed by atoms with E-state index < -0.39 is 5.97 Å². The monoisotopic (exact) mass is 483 g/mol. The van der Waals surface area contributed by atoms with E-state index in [1.807, 2.05) is 0 Å². The van der Waals surface area contributed by atoms with Gasteiger partial charge in [-0.15, -0.1) is 0 Å². The van der Waals surface area contributed by atoms with Crippen molar-refractivity contribution in [2.75, 3.05) is 24.3 Å². The van der Waals surface area contributed by atoms with Gasteiger partial charge in [0.25, 0.3) is 0 Å². The average Bonchev–Trinajstić information content (AvgIpc) is 3.07. The first-order valence-electron chi connectivity index (χ1n) is 10.6. The van der Waals surface area contributed by atoms with Crippen LogP contribution in [0.2, 0.25) is 5.02 Å². The zero-order valence-corrected chi connectivity index (χ0v) is 18.9. The molecule has 0 aliphatic carbocycles. The molecule has 176 valence electrons. The number of hydrogen-bond acceptors (Lipinski definition) is 10. The zero-order valence-electron chi connectivity index (χ0n) is 18.1. The van der Waals surface area contributed by atoms with Crippen LogP contribution < -0.4 is 20.5 Å². The number of Topliss-reactive ketones (excluding diaryl/α,β-unsaturated/α-hetero) is 1. The number of carbonyl (C=O) groups excluding carboxylic acids is 2. The molecule has 0 atom stereocenters. The number of rotatable bonds is 8. The summed E-state index contributed by atoms with van der Waals surface area (Å²) in [5.41, 5.74) is 6.88. The lowest BCUT2D eigenvalue weighted by molar-refractivity contribution is -0.145. The van der Waals surface area contributed by atoms with Gasteiger partial charge in [0.1, 0.15) is 0 Å². The first kappa shape index (κ1) is 23.2. The number of ketones is 1. The molecule has 0 amide bonds. The Kier molecular flexibility index (Phi) is 7.38. The van der Waals surface area contributed by atoms with E-state index in [4.69, 9.17) is 31.5 Å². The number of nitrogens with two attached hydrogens (primary N) is 1. The number of nitrogens with zero attached hydrogens (tertiary/aromatic N) is 3. The summed E-state index contributed by atoms with van der Waals surface area (Å²) in [5.74, 6) is 0.718. The molecule has 3 aromatic rings. The van der Waals surface area contributed by atoms with Crippen LogP contribution in [0.3, 0.4) is 0 Å². The average molecular weight is 484 g/mol. The Balaban J connectivity index is 1.29. The predicted molar refractivity (Wildman–Crippen MR) is 124 cm³/mol. The third-order valence-corrected chi connectivity index (χ3v) is 5.04. The Bertz CT molecular complexity index is 1190. The van der Waals surface area contributed by atoms with Gasteiger partial charge in [0, 0.05) is 29.1 Å². The molecule has 0 fully saturated rings. The maximum atomic E-state index is 12.5. The lowest BCUT2D eigenvalue weighted by Gasteiger charge is -2.09. The van der Waals surface area contributed by atoms with E-state index in [9.17, 15) is 9.59 Å². The highest BCUT2D eigenvalue weighted by molar-refractivity contribution is 6.30. The first-order chi connectivity index (χ1) is 16.5. The number of aromatic nitrogens is 3. The Morgan fingerprint density at radius 1 is 1.00 bits per heavy atom. The van der Waals surface area contributed by atoms with E-state index in [1.165, 1.54) is 0 Å². The van der Waals surface area contributed by atoms with Crippen LogP contribution in [0.5, 0.6) is 11.5 Å². The molecular formula is C23H22ClN5O5. The van der Waals surface area contributed by atoms with Crippen LogP contribution in [-0.4, -0.2) is 39.9 Å². The number of halogens is 1. The van der Waals surface area contributed by atoms with Crippen molar-refractivity contribution in [3.63, 3.8) is 0 Å². The van der Waals surface area contributed by atoms with E-state index in [2.05, 4.69) is 20.3 Å². The molecule has 1 aromatic heterocycles. The first-order valence-corrected chi connectivity index (χ1v) is 11.0. The van der Waals surface area contributed by atoms with Gasteiger partial charge < -0.3 is 25.3 Å². The van der Waals surface area contributed by atoms with Crippen molar-refractivity contribution < 1.29 is 23.8 Å². The Morgan fingerprint density at radius 3 is 2.56 bits per heavy atom. The van der Waals surface area contributed by atoms with Crippen molar-refractivity contribution in [3.05, 3.63) is 58.9 Å². The Labute approximate surface area is 200 Å². The number of anilines is 3. The second-order valence-corrected chi connectivity index (χ2v) is 7.80. The SMILES string of the molecule is Nc1nc(COC(=O)CCC(=O)c2ccc3c(c2)OCCCO3)nc(Nc2ccc(Cl)cc2)n1. The van der Waals surface area contributed by atoms with Crippen LogP contribution in [-0.2, 0) is 16.1 Å². The minimum Gasteiger partial charge on any atom is -0.490 e. The molecule has 10 nitrogen and oxygen atoms in total. The van der Waals surface area contributed by atoms with Crippen molar-refractivity contribution in [3.8, 4) is 11.5 Å². The molecule has 2 heterocycles. The number of benzene rings is 2. The van der Waals surface area contributed by atoms with Gasteiger partial charge >= 0.3 is 5.97 Å². The normalized spacial score (nSPS) is 12.5. The van der Waals surface area contributed by atoms with Crippen molar-refractivity contribution in [2.24, 2.45) is 0 Å². The standard InChI is InChI=1S/C23H22ClN5O5/c24-15-3-5-16(6-4-15)26-23-28-20(27-22(25)29-23)13-34-21(31)9-7-17(30)14-2-8-18-19(12-14)33-11-1-10-32-18/h2-6,8,12H,1,7,9-11,13H2,(H3,25,26,27,28,29). The van der Waals surface area contributed by atoms with E-state index >= 15 is 0 Å². The van der Waals surface area contributed by atoms with Gasteiger partial charge in [0.15, 0.2) is 29.7 Å². The van der Waals surface area contributed by atoms with Crippen molar-refractivity contribution in [2.45, 2.75) is 25.9 Å². The number of carbonyl (C=O) groups is 2. The van der Waals surface area contributed by atoms with Crippen LogP contribution in [0.25, 0.3) is 0 Å². The maximum Gasteiger partial charge on any atom is 0.306 e. The summed E-state index contributed by atoms with van der Waals surface area (Å²) in [6.45, 7) is 0.881. The fourth-order valence-electron chi connectivity index (χ4n) is 3.13. The summed E-state index contributed by atoms with van der Waals surface area (Å²) in [6, 6.07) is 11.9. The summed E-state index contributed by atoms with van der Waals surface area (Å²) in [4.78, 5) is 36.9. The predicted octanol–water partition coefficient (Wildman–Crippen LogP) is 3.72. The van der Waals surface area contributed by atoms with Gasteiger partial charge in [-0.1, -0.05) is 11.6 Å². The van der Waals surface area contributed by atoms with Gasteiger partial charge in [-0.25, -0.2) is 0 Å². The molecule has 4 rings (SSSR count). The van der Waals surface area contributed by atoms with Gasteiger partial charge in [-0.3, -0.25) is 9.59 Å². The zero-order chi connectivity index (χ0) is 23.9. The Hall–Kier alpha value is -3.92. The molecule has 0 unspecified atom stereocenters. The highest BCUT2D eigenvalue weighted by Crippen LogP contribution is 2.31. The summed E-state index contributed by atoms with van der Waals surface area (Å²) >= 11 is 5.88. The van der Waals surface area contributed by atoms with Crippen molar-refractivity contribution >= 4 is 40.9 Å². The number of esters is 1. The number of hydrogen-bond donors (Lipinski definition) is 2. The molecule has 0 spiro atoms. The molecule has 2 aromatic carbocycles. The van der Waals surface area contributed by atoms with Crippen LogP contribution >= 0.6 is 11.6 Å².